The van der Waals surface area contributed by atoms with Gasteiger partial charge in [-0.1, -0.05) is 45.5 Å². The molecule has 0 amide bonds. The average molecular weight is 362 g/mol. The molecule has 1 heterocycles. The molecule has 0 fully saturated rings. The Labute approximate surface area is 134 Å². The molecule has 0 aliphatic carbocycles. The van der Waals surface area contributed by atoms with Crippen molar-refractivity contribution < 1.29 is 4.74 Å². The van der Waals surface area contributed by atoms with E-state index >= 15 is 0 Å². The fraction of sp³-hybridized carbons (Fsp3) is 0.0667. The first-order chi connectivity index (χ1) is 10.2. The summed E-state index contributed by atoms with van der Waals surface area (Å²) in [6.07, 6.45) is 0. The lowest BCUT2D eigenvalue weighted by Crippen LogP contribution is -1.88. The third-order valence-electron chi connectivity index (χ3n) is 2.82. The van der Waals surface area contributed by atoms with Gasteiger partial charge in [-0.2, -0.15) is 0 Å². The van der Waals surface area contributed by atoms with Crippen LogP contribution < -0.4 is 10.1 Å². The van der Waals surface area contributed by atoms with Crippen LogP contribution >= 0.6 is 27.3 Å². The Morgan fingerprint density at radius 2 is 1.95 bits per heavy atom. The molecule has 3 aromatic rings. The highest BCUT2D eigenvalue weighted by molar-refractivity contribution is 9.10. The van der Waals surface area contributed by atoms with Crippen molar-refractivity contribution in [1.82, 2.24) is 10.2 Å². The monoisotopic (exact) mass is 361 g/mol. The van der Waals surface area contributed by atoms with Gasteiger partial charge in [-0.15, -0.1) is 10.2 Å². The quantitative estimate of drug-likeness (QED) is 0.730. The first-order valence-corrected chi connectivity index (χ1v) is 7.86. The van der Waals surface area contributed by atoms with Crippen molar-refractivity contribution in [3.63, 3.8) is 0 Å². The van der Waals surface area contributed by atoms with Crippen LogP contribution in [-0.4, -0.2) is 17.3 Å². The predicted octanol–water partition coefficient (Wildman–Crippen LogP) is 4.72. The standard InChI is InChI=1S/C15H12BrN3OS/c1-20-13-7-2-4-10(8-13)14-18-19-15(21-14)17-12-6-3-5-11(16)9-12/h2-9H,1H3,(H,17,19). The number of nitrogens with one attached hydrogen (secondary N) is 1. The van der Waals surface area contributed by atoms with E-state index in [4.69, 9.17) is 4.74 Å². The minimum atomic E-state index is 0.755. The van der Waals surface area contributed by atoms with Gasteiger partial charge in [0.15, 0.2) is 0 Å². The maximum Gasteiger partial charge on any atom is 0.210 e. The molecule has 6 heteroatoms. The van der Waals surface area contributed by atoms with Gasteiger partial charge in [0.2, 0.25) is 5.13 Å². The zero-order valence-electron chi connectivity index (χ0n) is 11.2. The molecule has 0 saturated heterocycles. The Hall–Kier alpha value is -1.92. The first-order valence-electron chi connectivity index (χ1n) is 6.25. The van der Waals surface area contributed by atoms with E-state index < -0.39 is 0 Å². The van der Waals surface area contributed by atoms with E-state index in [1.165, 1.54) is 11.3 Å². The van der Waals surface area contributed by atoms with Gasteiger partial charge in [0.1, 0.15) is 10.8 Å². The Bertz CT molecular complexity index is 760. The lowest BCUT2D eigenvalue weighted by atomic mass is 10.2. The highest BCUT2D eigenvalue weighted by atomic mass is 79.9. The van der Waals surface area contributed by atoms with E-state index in [9.17, 15) is 0 Å². The normalized spacial score (nSPS) is 10.4. The van der Waals surface area contributed by atoms with Gasteiger partial charge in [-0.05, 0) is 30.3 Å². The number of benzene rings is 2. The lowest BCUT2D eigenvalue weighted by Gasteiger charge is -2.02. The van der Waals surface area contributed by atoms with Crippen LogP contribution in [0.4, 0.5) is 10.8 Å². The summed E-state index contributed by atoms with van der Waals surface area (Å²) < 4.78 is 6.25. The molecular weight excluding hydrogens is 350 g/mol. The molecule has 106 valence electrons. The number of methoxy groups -OCH3 is 1. The predicted molar refractivity (Wildman–Crippen MR) is 89.3 cm³/mol. The Morgan fingerprint density at radius 3 is 2.76 bits per heavy atom. The molecule has 21 heavy (non-hydrogen) atoms. The Morgan fingerprint density at radius 1 is 1.10 bits per heavy atom. The van der Waals surface area contributed by atoms with Gasteiger partial charge < -0.3 is 10.1 Å². The Kier molecular flexibility index (Phi) is 4.17. The van der Waals surface area contributed by atoms with Gasteiger partial charge in [0.05, 0.1) is 7.11 Å². The third kappa shape index (κ3) is 3.40. The van der Waals surface area contributed by atoms with Crippen molar-refractivity contribution >= 4 is 38.1 Å². The van der Waals surface area contributed by atoms with Gasteiger partial charge >= 0.3 is 0 Å². The minimum Gasteiger partial charge on any atom is -0.497 e. The lowest BCUT2D eigenvalue weighted by molar-refractivity contribution is 0.415. The number of halogens is 1. The molecule has 0 spiro atoms. The average Bonchev–Trinajstić information content (AvgIpc) is 2.96. The molecule has 1 N–H and O–H groups in total. The van der Waals surface area contributed by atoms with E-state index in [1.54, 1.807) is 7.11 Å². The second kappa shape index (κ2) is 6.24. The first kappa shape index (κ1) is 14.0. The third-order valence-corrected chi connectivity index (χ3v) is 4.20. The number of rotatable bonds is 4. The molecule has 0 bridgehead atoms. The molecule has 0 radical (unpaired) electrons. The van der Waals surface area contributed by atoms with Crippen LogP contribution in [0.15, 0.2) is 53.0 Å². The van der Waals surface area contributed by atoms with Crippen LogP contribution in [0.25, 0.3) is 10.6 Å². The molecular formula is C15H12BrN3OS. The summed E-state index contributed by atoms with van der Waals surface area (Å²) in [5, 5.41) is 13.2. The number of anilines is 2. The molecule has 0 saturated carbocycles. The van der Waals surface area contributed by atoms with E-state index in [-0.39, 0.29) is 0 Å². The summed E-state index contributed by atoms with van der Waals surface area (Å²) in [6, 6.07) is 15.7. The minimum absolute atomic E-state index is 0.755. The molecule has 4 nitrogen and oxygen atoms in total. The smallest absolute Gasteiger partial charge is 0.210 e. The molecule has 1 aromatic heterocycles. The zero-order chi connectivity index (χ0) is 14.7. The van der Waals surface area contributed by atoms with Gasteiger partial charge in [-0.3, -0.25) is 0 Å². The van der Waals surface area contributed by atoms with Crippen LogP contribution in [0.3, 0.4) is 0 Å². The Balaban J connectivity index is 1.82. The highest BCUT2D eigenvalue weighted by Crippen LogP contribution is 2.30. The van der Waals surface area contributed by atoms with Crippen LogP contribution in [0.1, 0.15) is 0 Å². The summed E-state index contributed by atoms with van der Waals surface area (Å²) in [6.45, 7) is 0. The van der Waals surface area contributed by atoms with Crippen molar-refractivity contribution in [3.8, 4) is 16.3 Å². The van der Waals surface area contributed by atoms with E-state index in [1.807, 2.05) is 48.5 Å². The second-order valence-corrected chi connectivity index (χ2v) is 6.17. The number of ether oxygens (including phenoxy) is 1. The molecule has 0 atom stereocenters. The van der Waals surface area contributed by atoms with Crippen LogP contribution in [0.2, 0.25) is 0 Å². The fourth-order valence-electron chi connectivity index (χ4n) is 1.84. The molecule has 3 rings (SSSR count). The SMILES string of the molecule is COc1cccc(-c2nnc(Nc3cccc(Br)c3)s2)c1. The van der Waals surface area contributed by atoms with E-state index in [2.05, 4.69) is 31.4 Å². The summed E-state index contributed by atoms with van der Waals surface area (Å²) in [7, 11) is 1.65. The van der Waals surface area contributed by atoms with Gasteiger partial charge in [0.25, 0.3) is 0 Å². The molecule has 0 aliphatic rings. The number of nitrogens with zero attached hydrogens (tertiary/aromatic N) is 2. The fourth-order valence-corrected chi connectivity index (χ4v) is 3.00. The zero-order valence-corrected chi connectivity index (χ0v) is 13.6. The summed E-state index contributed by atoms with van der Waals surface area (Å²) in [5.74, 6) is 0.809. The number of aromatic nitrogens is 2. The summed E-state index contributed by atoms with van der Waals surface area (Å²) in [4.78, 5) is 0. The van der Waals surface area contributed by atoms with Crippen LogP contribution in [0.5, 0.6) is 5.75 Å². The van der Waals surface area contributed by atoms with Crippen molar-refractivity contribution in [3.05, 3.63) is 53.0 Å². The van der Waals surface area contributed by atoms with Crippen LogP contribution in [0, 0.1) is 0 Å². The van der Waals surface area contributed by atoms with Gasteiger partial charge in [-0.25, -0.2) is 0 Å². The molecule has 0 unspecified atom stereocenters. The van der Waals surface area contributed by atoms with Crippen molar-refractivity contribution in [2.24, 2.45) is 0 Å². The topological polar surface area (TPSA) is 47.0 Å². The van der Waals surface area contributed by atoms with Crippen molar-refractivity contribution in [2.75, 3.05) is 12.4 Å². The van der Waals surface area contributed by atoms with E-state index in [0.717, 1.165) is 31.6 Å². The maximum absolute atomic E-state index is 5.23. The van der Waals surface area contributed by atoms with Crippen LogP contribution in [-0.2, 0) is 0 Å². The maximum atomic E-state index is 5.23. The number of hydrogen-bond acceptors (Lipinski definition) is 5. The summed E-state index contributed by atoms with van der Waals surface area (Å²) >= 11 is 4.95. The van der Waals surface area contributed by atoms with Crippen molar-refractivity contribution in [2.45, 2.75) is 0 Å². The second-order valence-electron chi connectivity index (χ2n) is 4.28. The molecule has 2 aromatic carbocycles. The summed E-state index contributed by atoms with van der Waals surface area (Å²) in [5.41, 5.74) is 1.96. The van der Waals surface area contributed by atoms with Gasteiger partial charge in [0, 0.05) is 15.7 Å². The number of hydrogen-bond donors (Lipinski definition) is 1. The van der Waals surface area contributed by atoms with Crippen molar-refractivity contribution in [1.29, 1.82) is 0 Å². The largest absolute Gasteiger partial charge is 0.497 e. The van der Waals surface area contributed by atoms with E-state index in [0.29, 0.717) is 0 Å². The molecule has 0 aliphatic heterocycles. The highest BCUT2D eigenvalue weighted by Gasteiger charge is 2.08.